The number of carbonyl (C=O) groups is 1. The van der Waals surface area contributed by atoms with E-state index in [4.69, 9.17) is 10.5 Å². The Morgan fingerprint density at radius 2 is 2.00 bits per heavy atom. The number of hydrazone groups is 1. The largest absolute Gasteiger partial charge is 0.494 e. The molecule has 0 unspecified atom stereocenters. The normalized spacial score (nSPS) is 14.0. The van der Waals surface area contributed by atoms with Gasteiger partial charge in [0.2, 0.25) is 11.9 Å². The molecule has 0 spiro atoms. The van der Waals surface area contributed by atoms with Crippen LogP contribution in [0.5, 0.6) is 5.75 Å². The van der Waals surface area contributed by atoms with Gasteiger partial charge in [0, 0.05) is 12.0 Å². The zero-order chi connectivity index (χ0) is 24.2. The molecule has 174 valence electrons. The molecule has 7 nitrogen and oxygen atoms in total. The summed E-state index contributed by atoms with van der Waals surface area (Å²) in [5, 5.41) is 8.48. The molecule has 0 saturated heterocycles. The third-order valence-corrected chi connectivity index (χ3v) is 4.94. The number of fused-ring (bicyclic) bond motifs is 1. The number of aliphatic imine (C=N–C) groups is 1. The zero-order valence-electron chi connectivity index (χ0n) is 18.2. The first-order valence-corrected chi connectivity index (χ1v) is 10.1. The van der Waals surface area contributed by atoms with Crippen LogP contribution in [0, 0.1) is 0 Å². The summed E-state index contributed by atoms with van der Waals surface area (Å²) in [7, 11) is 1.54. The van der Waals surface area contributed by atoms with Crippen LogP contribution in [0.3, 0.4) is 0 Å². The van der Waals surface area contributed by atoms with Crippen molar-refractivity contribution in [1.29, 1.82) is 0 Å². The first-order valence-electron chi connectivity index (χ1n) is 10.1. The number of nitrogens with zero attached hydrogens (tertiary/aromatic N) is 3. The van der Waals surface area contributed by atoms with Crippen molar-refractivity contribution in [3.05, 3.63) is 65.7 Å². The van der Waals surface area contributed by atoms with Crippen LogP contribution < -0.4 is 15.8 Å². The summed E-state index contributed by atoms with van der Waals surface area (Å²) < 4.78 is 43.8. The molecule has 10 heteroatoms. The van der Waals surface area contributed by atoms with Crippen molar-refractivity contribution < 1.29 is 22.7 Å². The van der Waals surface area contributed by atoms with Gasteiger partial charge >= 0.3 is 6.18 Å². The van der Waals surface area contributed by atoms with E-state index < -0.39 is 11.7 Å². The van der Waals surface area contributed by atoms with E-state index in [1.54, 1.807) is 25.1 Å². The number of nitrogens with two attached hydrogens (primary N) is 1. The first-order chi connectivity index (χ1) is 15.6. The van der Waals surface area contributed by atoms with Crippen molar-refractivity contribution in [1.82, 2.24) is 10.3 Å². The SMILES string of the molecule is C=C1c2cccc(OC)c2N=C(N)N1/N=C(\C)CNC(=O)CCc1cccc(C(F)(F)F)c1. The van der Waals surface area contributed by atoms with Gasteiger partial charge in [-0.3, -0.25) is 4.79 Å². The van der Waals surface area contributed by atoms with Gasteiger partial charge in [-0.2, -0.15) is 18.3 Å². The van der Waals surface area contributed by atoms with Crippen LogP contribution in [0.15, 0.2) is 59.1 Å². The van der Waals surface area contributed by atoms with Crippen LogP contribution in [-0.2, 0) is 17.4 Å². The minimum Gasteiger partial charge on any atom is -0.494 e. The lowest BCUT2D eigenvalue weighted by atomic mass is 10.1. The Balaban J connectivity index is 1.59. The minimum absolute atomic E-state index is 0.0434. The molecule has 1 aliphatic heterocycles. The van der Waals surface area contributed by atoms with Crippen LogP contribution in [-0.4, -0.2) is 36.2 Å². The lowest BCUT2D eigenvalue weighted by molar-refractivity contribution is -0.137. The molecule has 1 aliphatic rings. The van der Waals surface area contributed by atoms with Gasteiger partial charge in [0.05, 0.1) is 30.6 Å². The van der Waals surface area contributed by atoms with Crippen LogP contribution in [0.1, 0.15) is 30.0 Å². The Morgan fingerprint density at radius 1 is 1.27 bits per heavy atom. The van der Waals surface area contributed by atoms with Gasteiger partial charge in [-0.15, -0.1) is 0 Å². The molecule has 0 aliphatic carbocycles. The number of aryl methyl sites for hydroxylation is 1. The van der Waals surface area contributed by atoms with Crippen molar-refractivity contribution in [2.75, 3.05) is 13.7 Å². The number of benzene rings is 2. The van der Waals surface area contributed by atoms with E-state index >= 15 is 0 Å². The molecular formula is C23H24F3N5O2. The highest BCUT2D eigenvalue weighted by atomic mass is 19.4. The van der Waals surface area contributed by atoms with Gasteiger partial charge in [-0.25, -0.2) is 10.0 Å². The summed E-state index contributed by atoms with van der Waals surface area (Å²) >= 11 is 0. The van der Waals surface area contributed by atoms with Crippen molar-refractivity contribution in [3.8, 4) is 5.75 Å². The third kappa shape index (κ3) is 5.71. The van der Waals surface area contributed by atoms with E-state index in [0.717, 1.165) is 12.1 Å². The molecule has 2 aromatic carbocycles. The number of methoxy groups -OCH3 is 1. The van der Waals surface area contributed by atoms with Gasteiger partial charge in [0.25, 0.3) is 0 Å². The number of rotatable bonds is 7. The van der Waals surface area contributed by atoms with Crippen LogP contribution in [0.2, 0.25) is 0 Å². The Kier molecular flexibility index (Phi) is 7.05. The average Bonchev–Trinajstić information content (AvgIpc) is 2.78. The predicted molar refractivity (Wildman–Crippen MR) is 121 cm³/mol. The highest BCUT2D eigenvalue weighted by Crippen LogP contribution is 2.39. The maximum atomic E-state index is 12.8. The van der Waals surface area contributed by atoms with E-state index in [2.05, 4.69) is 22.0 Å². The van der Waals surface area contributed by atoms with Crippen molar-refractivity contribution in [2.24, 2.45) is 15.8 Å². The number of guanidine groups is 1. The molecule has 1 heterocycles. The molecule has 33 heavy (non-hydrogen) atoms. The predicted octanol–water partition coefficient (Wildman–Crippen LogP) is 4.07. The van der Waals surface area contributed by atoms with E-state index in [1.165, 1.54) is 18.2 Å². The molecule has 2 aromatic rings. The monoisotopic (exact) mass is 459 g/mol. The number of alkyl halides is 3. The lowest BCUT2D eigenvalue weighted by Gasteiger charge is -2.27. The van der Waals surface area contributed by atoms with Crippen LogP contribution in [0.25, 0.3) is 5.70 Å². The number of halogens is 3. The van der Waals surface area contributed by atoms with Gasteiger partial charge < -0.3 is 15.8 Å². The molecule has 3 N–H and O–H groups in total. The van der Waals surface area contributed by atoms with Crippen LogP contribution >= 0.6 is 0 Å². The second kappa shape index (κ2) is 9.76. The van der Waals surface area contributed by atoms with Crippen molar-refractivity contribution >= 4 is 29.0 Å². The average molecular weight is 459 g/mol. The Hall–Kier alpha value is -3.82. The van der Waals surface area contributed by atoms with E-state index in [9.17, 15) is 18.0 Å². The summed E-state index contributed by atoms with van der Waals surface area (Å²) in [5.41, 5.74) is 8.08. The van der Waals surface area contributed by atoms with Crippen molar-refractivity contribution in [3.63, 3.8) is 0 Å². The number of hydrogen-bond donors (Lipinski definition) is 2. The number of para-hydroxylation sites is 1. The standard InChI is InChI=1S/C23H24F3N5O2/c1-14(13-28-20(32)11-10-16-6-4-7-17(12-16)23(24,25)26)30-31-15(2)18-8-5-9-19(33-3)21(18)29-22(31)27/h4-9,12H,2,10-11,13H2,1,3H3,(H2,27,29)(H,28,32)/b30-14+. The van der Waals surface area contributed by atoms with Gasteiger partial charge in [-0.05, 0) is 31.0 Å². The maximum Gasteiger partial charge on any atom is 0.416 e. The first kappa shape index (κ1) is 23.8. The summed E-state index contributed by atoms with van der Waals surface area (Å²) in [6, 6.07) is 10.3. The van der Waals surface area contributed by atoms with Crippen molar-refractivity contribution in [2.45, 2.75) is 25.9 Å². The molecule has 0 bridgehead atoms. The third-order valence-electron chi connectivity index (χ3n) is 4.94. The van der Waals surface area contributed by atoms with E-state index in [1.807, 2.05) is 6.07 Å². The second-order valence-corrected chi connectivity index (χ2v) is 7.40. The quantitative estimate of drug-likeness (QED) is 0.611. The summed E-state index contributed by atoms with van der Waals surface area (Å²) in [5.74, 6) is 0.355. The van der Waals surface area contributed by atoms with E-state index in [0.29, 0.717) is 34.0 Å². The number of amides is 1. The van der Waals surface area contributed by atoms with Gasteiger partial charge in [-0.1, -0.05) is 36.9 Å². The highest BCUT2D eigenvalue weighted by molar-refractivity contribution is 5.98. The molecule has 3 rings (SSSR count). The Labute approximate surface area is 189 Å². The zero-order valence-corrected chi connectivity index (χ0v) is 18.2. The number of nitrogens with one attached hydrogen (secondary N) is 1. The number of ether oxygens (including phenoxy) is 1. The fraction of sp³-hybridized carbons (Fsp3) is 0.261. The Bertz CT molecular complexity index is 1130. The topological polar surface area (TPSA) is 92.3 Å². The highest BCUT2D eigenvalue weighted by Gasteiger charge is 2.30. The van der Waals surface area contributed by atoms with Gasteiger partial charge in [0.15, 0.2) is 0 Å². The van der Waals surface area contributed by atoms with E-state index in [-0.39, 0.29) is 31.3 Å². The Morgan fingerprint density at radius 3 is 2.70 bits per heavy atom. The molecule has 0 fully saturated rings. The smallest absolute Gasteiger partial charge is 0.416 e. The van der Waals surface area contributed by atoms with Crippen LogP contribution in [0.4, 0.5) is 18.9 Å². The fourth-order valence-corrected chi connectivity index (χ4v) is 3.24. The lowest BCUT2D eigenvalue weighted by Crippen LogP contribution is -2.36. The number of carbonyl (C=O) groups excluding carboxylic acids is 1. The molecule has 0 radical (unpaired) electrons. The molecule has 0 atom stereocenters. The summed E-state index contributed by atoms with van der Waals surface area (Å²) in [6.45, 7) is 5.86. The minimum atomic E-state index is -4.42. The maximum absolute atomic E-state index is 12.8. The molecule has 0 saturated carbocycles. The number of hydrogen-bond acceptors (Lipinski definition) is 6. The second-order valence-electron chi connectivity index (χ2n) is 7.40. The summed E-state index contributed by atoms with van der Waals surface area (Å²) in [6.07, 6.45) is -4.18. The molecule has 0 aromatic heterocycles. The molecule has 1 amide bonds. The summed E-state index contributed by atoms with van der Waals surface area (Å²) in [4.78, 5) is 16.5. The van der Waals surface area contributed by atoms with Gasteiger partial charge in [0.1, 0.15) is 11.4 Å². The fourth-order valence-electron chi connectivity index (χ4n) is 3.24. The molecular weight excluding hydrogens is 435 g/mol.